The van der Waals surface area contributed by atoms with E-state index in [2.05, 4.69) is 25.8 Å². The van der Waals surface area contributed by atoms with Gasteiger partial charge in [0.15, 0.2) is 5.82 Å². The second-order valence-corrected chi connectivity index (χ2v) is 5.19. The Bertz CT molecular complexity index is 826. The van der Waals surface area contributed by atoms with Crippen LogP contribution in [0.1, 0.15) is 18.5 Å². The Labute approximate surface area is 137 Å². The van der Waals surface area contributed by atoms with Crippen LogP contribution in [0.3, 0.4) is 0 Å². The first kappa shape index (κ1) is 15.8. The van der Waals surface area contributed by atoms with E-state index in [4.69, 9.17) is 0 Å². The molecule has 7 heteroatoms. The first-order chi connectivity index (χ1) is 11.6. The van der Waals surface area contributed by atoms with Gasteiger partial charge in [0.05, 0.1) is 11.9 Å². The number of aromatic nitrogens is 3. The summed E-state index contributed by atoms with van der Waals surface area (Å²) < 4.78 is 26.6. The van der Waals surface area contributed by atoms with Gasteiger partial charge in [-0.05, 0) is 24.6 Å². The zero-order valence-electron chi connectivity index (χ0n) is 12.9. The van der Waals surface area contributed by atoms with Crippen LogP contribution in [-0.2, 0) is 0 Å². The van der Waals surface area contributed by atoms with E-state index in [9.17, 15) is 8.78 Å². The highest BCUT2D eigenvalue weighted by atomic mass is 19.1. The van der Waals surface area contributed by atoms with E-state index in [1.807, 2.05) is 37.3 Å². The van der Waals surface area contributed by atoms with Gasteiger partial charge in [-0.1, -0.05) is 30.3 Å². The van der Waals surface area contributed by atoms with Crippen molar-refractivity contribution in [2.24, 2.45) is 0 Å². The minimum Gasteiger partial charge on any atom is -0.362 e. The minimum absolute atomic E-state index is 0.0123. The lowest BCUT2D eigenvalue weighted by atomic mass is 10.1. The number of halogens is 2. The van der Waals surface area contributed by atoms with E-state index < -0.39 is 11.6 Å². The Hall–Kier alpha value is -3.09. The van der Waals surface area contributed by atoms with Gasteiger partial charge in [0.1, 0.15) is 11.6 Å². The van der Waals surface area contributed by atoms with Crippen LogP contribution in [0, 0.1) is 11.6 Å². The third-order valence-electron chi connectivity index (χ3n) is 3.40. The first-order valence-corrected chi connectivity index (χ1v) is 7.35. The van der Waals surface area contributed by atoms with Gasteiger partial charge in [0, 0.05) is 12.1 Å². The molecule has 0 aliphatic rings. The monoisotopic (exact) mass is 327 g/mol. The highest BCUT2D eigenvalue weighted by Crippen LogP contribution is 2.20. The fraction of sp³-hybridized carbons (Fsp3) is 0.118. The van der Waals surface area contributed by atoms with Gasteiger partial charge >= 0.3 is 0 Å². The van der Waals surface area contributed by atoms with Crippen molar-refractivity contribution in [3.63, 3.8) is 0 Å². The SMILES string of the molecule is CC(Nc1cnnc(Nc2ccc(F)cc2F)n1)c1ccccc1. The van der Waals surface area contributed by atoms with Gasteiger partial charge in [-0.15, -0.1) is 5.10 Å². The molecule has 0 spiro atoms. The zero-order valence-corrected chi connectivity index (χ0v) is 12.9. The molecule has 0 saturated carbocycles. The summed E-state index contributed by atoms with van der Waals surface area (Å²) in [4.78, 5) is 4.24. The number of anilines is 3. The molecular formula is C17H15F2N5. The maximum atomic E-state index is 13.7. The Balaban J connectivity index is 1.74. The van der Waals surface area contributed by atoms with Gasteiger partial charge in [-0.3, -0.25) is 0 Å². The van der Waals surface area contributed by atoms with Gasteiger partial charge in [0.25, 0.3) is 0 Å². The molecule has 2 aromatic carbocycles. The van der Waals surface area contributed by atoms with Crippen molar-refractivity contribution in [1.29, 1.82) is 0 Å². The van der Waals surface area contributed by atoms with Crippen molar-refractivity contribution in [1.82, 2.24) is 15.2 Å². The fourth-order valence-corrected chi connectivity index (χ4v) is 2.18. The van der Waals surface area contributed by atoms with E-state index in [-0.39, 0.29) is 17.7 Å². The molecule has 0 bridgehead atoms. The lowest BCUT2D eigenvalue weighted by Crippen LogP contribution is -2.10. The van der Waals surface area contributed by atoms with Crippen LogP contribution in [0.15, 0.2) is 54.7 Å². The van der Waals surface area contributed by atoms with Crippen molar-refractivity contribution >= 4 is 17.5 Å². The molecule has 1 atom stereocenters. The maximum Gasteiger partial charge on any atom is 0.249 e. The van der Waals surface area contributed by atoms with Crippen molar-refractivity contribution in [2.45, 2.75) is 13.0 Å². The van der Waals surface area contributed by atoms with Crippen molar-refractivity contribution in [2.75, 3.05) is 10.6 Å². The summed E-state index contributed by atoms with van der Waals surface area (Å²) in [5.41, 5.74) is 1.17. The number of hydrogen-bond acceptors (Lipinski definition) is 5. The number of nitrogens with zero attached hydrogens (tertiary/aromatic N) is 3. The van der Waals surface area contributed by atoms with Crippen LogP contribution in [-0.4, -0.2) is 15.2 Å². The molecule has 5 nitrogen and oxygen atoms in total. The predicted molar refractivity (Wildman–Crippen MR) is 87.9 cm³/mol. The number of rotatable bonds is 5. The summed E-state index contributed by atoms with van der Waals surface area (Å²) in [7, 11) is 0. The highest BCUT2D eigenvalue weighted by molar-refractivity contribution is 5.55. The minimum atomic E-state index is -0.727. The average molecular weight is 327 g/mol. The standard InChI is InChI=1S/C17H15F2N5/c1-11(12-5-3-2-4-6-12)21-16-10-20-24-17(23-16)22-15-8-7-13(18)9-14(15)19/h2-11H,1H3,(H2,21,22,23,24). The first-order valence-electron chi connectivity index (χ1n) is 7.35. The maximum absolute atomic E-state index is 13.7. The van der Waals surface area contributed by atoms with E-state index in [0.29, 0.717) is 5.82 Å². The Morgan fingerprint density at radius 2 is 1.83 bits per heavy atom. The molecule has 1 aromatic heterocycles. The van der Waals surface area contributed by atoms with Gasteiger partial charge in [0.2, 0.25) is 5.95 Å². The normalized spacial score (nSPS) is 11.8. The third-order valence-corrected chi connectivity index (χ3v) is 3.40. The van der Waals surface area contributed by atoms with Crippen molar-refractivity contribution in [3.8, 4) is 0 Å². The van der Waals surface area contributed by atoms with Crippen LogP contribution in [0.5, 0.6) is 0 Å². The van der Waals surface area contributed by atoms with Crippen LogP contribution in [0.25, 0.3) is 0 Å². The average Bonchev–Trinajstić information content (AvgIpc) is 2.58. The smallest absolute Gasteiger partial charge is 0.249 e. The molecule has 0 saturated heterocycles. The Morgan fingerprint density at radius 3 is 2.58 bits per heavy atom. The van der Waals surface area contributed by atoms with Gasteiger partial charge in [-0.25, -0.2) is 8.78 Å². The van der Waals surface area contributed by atoms with Gasteiger partial charge < -0.3 is 10.6 Å². The summed E-state index contributed by atoms with van der Waals surface area (Å²) >= 11 is 0. The molecule has 1 heterocycles. The fourth-order valence-electron chi connectivity index (χ4n) is 2.18. The summed E-state index contributed by atoms with van der Waals surface area (Å²) in [5, 5.41) is 13.5. The molecule has 0 aliphatic carbocycles. The molecule has 2 N–H and O–H groups in total. The second kappa shape index (κ2) is 6.99. The molecule has 0 amide bonds. The third kappa shape index (κ3) is 3.81. The van der Waals surface area contributed by atoms with E-state index in [1.165, 1.54) is 12.3 Å². The highest BCUT2D eigenvalue weighted by Gasteiger charge is 2.09. The van der Waals surface area contributed by atoms with Crippen molar-refractivity contribution < 1.29 is 8.78 Å². The molecule has 122 valence electrons. The van der Waals surface area contributed by atoms with E-state index >= 15 is 0 Å². The zero-order chi connectivity index (χ0) is 16.9. The van der Waals surface area contributed by atoms with Crippen LogP contribution >= 0.6 is 0 Å². The Morgan fingerprint density at radius 1 is 1.04 bits per heavy atom. The van der Waals surface area contributed by atoms with Crippen LogP contribution < -0.4 is 10.6 Å². The molecule has 3 aromatic rings. The van der Waals surface area contributed by atoms with Crippen LogP contribution in [0.4, 0.5) is 26.2 Å². The predicted octanol–water partition coefficient (Wildman–Crippen LogP) is 4.07. The molecule has 0 radical (unpaired) electrons. The van der Waals surface area contributed by atoms with Crippen molar-refractivity contribution in [3.05, 3.63) is 71.9 Å². The summed E-state index contributed by atoms with van der Waals surface area (Å²) in [6.07, 6.45) is 1.48. The molecule has 0 fully saturated rings. The molecule has 24 heavy (non-hydrogen) atoms. The van der Waals surface area contributed by atoms with Gasteiger partial charge in [-0.2, -0.15) is 10.1 Å². The lowest BCUT2D eigenvalue weighted by molar-refractivity contribution is 0.586. The number of nitrogens with one attached hydrogen (secondary N) is 2. The molecule has 3 rings (SSSR count). The molecule has 1 unspecified atom stereocenters. The number of benzene rings is 2. The quantitative estimate of drug-likeness (QED) is 0.740. The van der Waals surface area contributed by atoms with Crippen LogP contribution in [0.2, 0.25) is 0 Å². The summed E-state index contributed by atoms with van der Waals surface area (Å²) in [6.45, 7) is 1.99. The molecular weight excluding hydrogens is 312 g/mol. The largest absolute Gasteiger partial charge is 0.362 e. The Kier molecular flexibility index (Phi) is 4.60. The van der Waals surface area contributed by atoms with E-state index in [0.717, 1.165) is 17.7 Å². The summed E-state index contributed by atoms with van der Waals surface area (Å²) in [5.74, 6) is -0.768. The second-order valence-electron chi connectivity index (χ2n) is 5.19. The topological polar surface area (TPSA) is 62.7 Å². The van der Waals surface area contributed by atoms with E-state index in [1.54, 1.807) is 0 Å². The number of hydrogen-bond donors (Lipinski definition) is 2. The summed E-state index contributed by atoms with van der Waals surface area (Å²) in [6, 6.07) is 13.1. The molecule has 0 aliphatic heterocycles. The lowest BCUT2D eigenvalue weighted by Gasteiger charge is -2.15.